The van der Waals surface area contributed by atoms with Crippen LogP contribution in [0.4, 0.5) is 5.69 Å². The van der Waals surface area contributed by atoms with Gasteiger partial charge in [-0.05, 0) is 34.7 Å². The molecule has 0 saturated carbocycles. The van der Waals surface area contributed by atoms with Crippen LogP contribution in [0.15, 0.2) is 12.1 Å². The summed E-state index contributed by atoms with van der Waals surface area (Å²) in [6.45, 7) is 0. The third-order valence-corrected chi connectivity index (χ3v) is 2.92. The number of halogens is 3. The lowest BCUT2D eigenvalue weighted by Crippen LogP contribution is -2.06. The minimum Gasteiger partial charge on any atom is -0.293 e. The van der Waals surface area contributed by atoms with E-state index in [1.54, 1.807) is 22.6 Å². The van der Waals surface area contributed by atoms with Gasteiger partial charge in [0.15, 0.2) is 5.78 Å². The Morgan fingerprint density at radius 3 is 2.60 bits per heavy atom. The van der Waals surface area contributed by atoms with E-state index in [2.05, 4.69) is 0 Å². The number of ketones is 1. The first kappa shape index (κ1) is 12.7. The predicted octanol–water partition coefficient (Wildman–Crippen LogP) is 3.27. The van der Waals surface area contributed by atoms with E-state index in [4.69, 9.17) is 23.2 Å². The van der Waals surface area contributed by atoms with Crippen LogP contribution in [0.25, 0.3) is 0 Å². The van der Waals surface area contributed by atoms with E-state index >= 15 is 0 Å². The van der Waals surface area contributed by atoms with Crippen molar-refractivity contribution < 1.29 is 9.72 Å². The van der Waals surface area contributed by atoms with Gasteiger partial charge in [0.25, 0.3) is 5.69 Å². The normalized spacial score (nSPS) is 10.1. The van der Waals surface area contributed by atoms with Gasteiger partial charge in [-0.3, -0.25) is 14.9 Å². The summed E-state index contributed by atoms with van der Waals surface area (Å²) in [7, 11) is 0. The number of benzene rings is 1. The van der Waals surface area contributed by atoms with Crippen molar-refractivity contribution >= 4 is 57.3 Å². The lowest BCUT2D eigenvalue weighted by Gasteiger charge is -2.02. The number of carbonyl (C=O) groups excluding carboxylic acids is 1. The zero-order valence-corrected chi connectivity index (χ0v) is 10.8. The Kier molecular flexibility index (Phi) is 4.30. The van der Waals surface area contributed by atoms with Crippen LogP contribution in [0.5, 0.6) is 0 Å². The van der Waals surface area contributed by atoms with Gasteiger partial charge >= 0.3 is 0 Å². The molecule has 0 aliphatic rings. The Hall–Kier alpha value is -0.400. The molecule has 15 heavy (non-hydrogen) atoms. The minimum atomic E-state index is -0.613. The molecule has 0 aliphatic heterocycles. The third-order valence-electron chi connectivity index (χ3n) is 1.63. The van der Waals surface area contributed by atoms with Gasteiger partial charge < -0.3 is 0 Å². The molecule has 4 nitrogen and oxygen atoms in total. The van der Waals surface area contributed by atoms with Crippen LogP contribution >= 0.6 is 45.8 Å². The Labute approximate surface area is 109 Å². The van der Waals surface area contributed by atoms with Crippen molar-refractivity contribution in [2.24, 2.45) is 0 Å². The lowest BCUT2D eigenvalue weighted by atomic mass is 10.1. The van der Waals surface area contributed by atoms with E-state index in [-0.39, 0.29) is 22.2 Å². The molecule has 0 aromatic heterocycles. The first-order valence-corrected chi connectivity index (χ1v) is 5.69. The first-order chi connectivity index (χ1) is 6.97. The smallest absolute Gasteiger partial charge is 0.293 e. The van der Waals surface area contributed by atoms with Crippen LogP contribution in [0.1, 0.15) is 10.4 Å². The second kappa shape index (κ2) is 5.09. The molecule has 0 fully saturated rings. The molecule has 7 heteroatoms. The summed E-state index contributed by atoms with van der Waals surface area (Å²) >= 11 is 12.8. The number of carbonyl (C=O) groups is 1. The summed E-state index contributed by atoms with van der Waals surface area (Å²) in [5, 5.41) is 11.0. The van der Waals surface area contributed by atoms with Crippen molar-refractivity contribution in [3.8, 4) is 0 Å². The standard InChI is InChI=1S/C8H4Cl2INO3/c9-3-7(13)5-1-4(10)2-6(11)8(5)12(14)15/h1-2H,3H2. The number of hydrogen-bond donors (Lipinski definition) is 0. The molecule has 80 valence electrons. The van der Waals surface area contributed by atoms with Crippen molar-refractivity contribution in [3.05, 3.63) is 36.4 Å². The van der Waals surface area contributed by atoms with E-state index < -0.39 is 10.7 Å². The molecule has 0 spiro atoms. The number of rotatable bonds is 3. The molecule has 0 amide bonds. The predicted molar refractivity (Wildman–Crippen MR) is 65.9 cm³/mol. The van der Waals surface area contributed by atoms with Crippen LogP contribution in [-0.2, 0) is 0 Å². The van der Waals surface area contributed by atoms with Gasteiger partial charge in [0.05, 0.1) is 19.9 Å². The SMILES string of the molecule is O=C(CCl)c1cc(Cl)cc(I)c1[N+](=O)[O-]. The van der Waals surface area contributed by atoms with Gasteiger partial charge in [-0.1, -0.05) is 11.6 Å². The summed E-state index contributed by atoms with van der Waals surface area (Å²) in [5.74, 6) is -0.819. The van der Waals surface area contributed by atoms with E-state index in [1.807, 2.05) is 0 Å². The van der Waals surface area contributed by atoms with E-state index in [1.165, 1.54) is 12.1 Å². The number of hydrogen-bond acceptors (Lipinski definition) is 3. The molecule has 0 unspecified atom stereocenters. The molecule has 1 aromatic rings. The van der Waals surface area contributed by atoms with Crippen molar-refractivity contribution in [3.63, 3.8) is 0 Å². The quantitative estimate of drug-likeness (QED) is 0.273. The molecule has 0 radical (unpaired) electrons. The molecule has 1 rings (SSSR count). The van der Waals surface area contributed by atoms with Gasteiger partial charge in [0, 0.05) is 5.02 Å². The summed E-state index contributed by atoms with van der Waals surface area (Å²) in [4.78, 5) is 21.5. The molecular formula is C8H4Cl2INO3. The summed E-state index contributed by atoms with van der Waals surface area (Å²) in [6, 6.07) is 2.68. The maximum Gasteiger partial charge on any atom is 0.293 e. The highest BCUT2D eigenvalue weighted by atomic mass is 127. The van der Waals surface area contributed by atoms with Crippen molar-refractivity contribution in [2.75, 3.05) is 5.88 Å². The van der Waals surface area contributed by atoms with Gasteiger partial charge in [-0.2, -0.15) is 0 Å². The topological polar surface area (TPSA) is 60.2 Å². The largest absolute Gasteiger partial charge is 0.293 e. The maximum absolute atomic E-state index is 11.3. The second-order valence-electron chi connectivity index (χ2n) is 2.60. The number of nitro benzene ring substituents is 1. The second-order valence-corrected chi connectivity index (χ2v) is 4.46. The highest BCUT2D eigenvalue weighted by Crippen LogP contribution is 2.29. The Balaban J connectivity index is 3.46. The lowest BCUT2D eigenvalue weighted by molar-refractivity contribution is -0.386. The van der Waals surface area contributed by atoms with Gasteiger partial charge in [0.2, 0.25) is 0 Å². The van der Waals surface area contributed by atoms with Crippen LogP contribution in [0, 0.1) is 13.7 Å². The van der Waals surface area contributed by atoms with Crippen molar-refractivity contribution in [2.45, 2.75) is 0 Å². The summed E-state index contributed by atoms with van der Waals surface area (Å²) in [5.41, 5.74) is -0.294. The maximum atomic E-state index is 11.3. The van der Waals surface area contributed by atoms with Gasteiger partial charge in [-0.25, -0.2) is 0 Å². The van der Waals surface area contributed by atoms with E-state index in [9.17, 15) is 14.9 Å². The molecule has 1 aromatic carbocycles. The number of nitrogens with zero attached hydrogens (tertiary/aromatic N) is 1. The Morgan fingerprint density at radius 2 is 2.13 bits per heavy atom. The van der Waals surface area contributed by atoms with Gasteiger partial charge in [-0.15, -0.1) is 11.6 Å². The average Bonchev–Trinajstić information content (AvgIpc) is 2.14. The Bertz CT molecular complexity index is 436. The van der Waals surface area contributed by atoms with Crippen LogP contribution < -0.4 is 0 Å². The number of alkyl halides is 1. The molecule has 0 bridgehead atoms. The number of Topliss-reactive ketones (excluding diaryl/α,β-unsaturated/α-hetero) is 1. The average molecular weight is 360 g/mol. The van der Waals surface area contributed by atoms with Crippen LogP contribution in [0.3, 0.4) is 0 Å². The molecular weight excluding hydrogens is 356 g/mol. The minimum absolute atomic E-state index is 0.0492. The van der Waals surface area contributed by atoms with Crippen molar-refractivity contribution in [1.29, 1.82) is 0 Å². The molecule has 0 heterocycles. The van der Waals surface area contributed by atoms with E-state index in [0.29, 0.717) is 3.57 Å². The third kappa shape index (κ3) is 2.79. The van der Waals surface area contributed by atoms with Crippen LogP contribution in [-0.4, -0.2) is 16.6 Å². The first-order valence-electron chi connectivity index (χ1n) is 3.70. The zero-order chi connectivity index (χ0) is 11.6. The highest BCUT2D eigenvalue weighted by molar-refractivity contribution is 14.1. The monoisotopic (exact) mass is 359 g/mol. The van der Waals surface area contributed by atoms with Gasteiger partial charge in [0.1, 0.15) is 0 Å². The molecule has 0 aliphatic carbocycles. The highest BCUT2D eigenvalue weighted by Gasteiger charge is 2.23. The van der Waals surface area contributed by atoms with Crippen molar-refractivity contribution in [1.82, 2.24) is 0 Å². The Morgan fingerprint density at radius 1 is 1.53 bits per heavy atom. The van der Waals surface area contributed by atoms with Crippen LogP contribution in [0.2, 0.25) is 5.02 Å². The molecule has 0 saturated heterocycles. The number of nitro groups is 1. The molecule has 0 atom stereocenters. The van der Waals surface area contributed by atoms with E-state index in [0.717, 1.165) is 0 Å². The molecule has 0 N–H and O–H groups in total. The zero-order valence-electron chi connectivity index (χ0n) is 7.17. The summed E-state index contributed by atoms with van der Waals surface area (Å²) < 4.78 is 0.318. The summed E-state index contributed by atoms with van der Waals surface area (Å²) in [6.07, 6.45) is 0. The fourth-order valence-corrected chi connectivity index (χ4v) is 2.41. The fourth-order valence-electron chi connectivity index (χ4n) is 1.04. The fraction of sp³-hybridized carbons (Fsp3) is 0.125.